The van der Waals surface area contributed by atoms with Crippen molar-refractivity contribution in [1.82, 2.24) is 0 Å². The van der Waals surface area contributed by atoms with E-state index in [4.69, 9.17) is 0 Å². The van der Waals surface area contributed by atoms with Crippen LogP contribution in [0.25, 0.3) is 11.1 Å². The second kappa shape index (κ2) is 22.0. The number of hydrogen-bond acceptors (Lipinski definition) is 2. The van der Waals surface area contributed by atoms with Crippen molar-refractivity contribution in [1.29, 1.82) is 0 Å². The van der Waals surface area contributed by atoms with Gasteiger partial charge in [0.25, 0.3) is 0 Å². The smallest absolute Gasteiger partial charge is 0.0465 e. The number of rotatable bonds is 21. The summed E-state index contributed by atoms with van der Waals surface area (Å²) in [5.74, 6) is 0. The number of nitrogens with zero attached hydrogens (tertiary/aromatic N) is 2. The second-order valence-electron chi connectivity index (χ2n) is 16.4. The zero-order chi connectivity index (χ0) is 38.6. The predicted octanol–water partition coefficient (Wildman–Crippen LogP) is 17.4. The van der Waals surface area contributed by atoms with Crippen molar-refractivity contribution in [2.45, 2.75) is 158 Å². The summed E-state index contributed by atoms with van der Waals surface area (Å²) in [4.78, 5) is 4.81. The summed E-state index contributed by atoms with van der Waals surface area (Å²) in [7, 11) is 2.18. The first-order chi connectivity index (χ1) is 26.9. The van der Waals surface area contributed by atoms with Crippen LogP contribution in [0.2, 0.25) is 0 Å². The molecule has 57 heavy (non-hydrogen) atoms. The lowest BCUT2D eigenvalue weighted by Crippen LogP contribution is -2.26. The van der Waals surface area contributed by atoms with Crippen LogP contribution in [0, 0.1) is 6.92 Å². The van der Waals surface area contributed by atoms with Crippen LogP contribution in [-0.4, -0.2) is 7.05 Å². The third-order valence-electron chi connectivity index (χ3n) is 12.3. The van der Waals surface area contributed by atoms with E-state index in [9.17, 15) is 0 Å². The van der Waals surface area contributed by atoms with Gasteiger partial charge in [-0.15, -0.1) is 0 Å². The van der Waals surface area contributed by atoms with E-state index in [1.807, 2.05) is 0 Å². The van der Waals surface area contributed by atoms with Crippen molar-refractivity contribution < 1.29 is 0 Å². The molecule has 5 aromatic rings. The van der Waals surface area contributed by atoms with E-state index in [2.05, 4.69) is 161 Å². The van der Waals surface area contributed by atoms with E-state index in [1.54, 1.807) is 11.1 Å². The Morgan fingerprint density at radius 2 is 0.825 bits per heavy atom. The molecule has 0 spiro atoms. The van der Waals surface area contributed by atoms with Crippen molar-refractivity contribution in [2.24, 2.45) is 0 Å². The Balaban J connectivity index is 0.00000360. The first kappa shape index (κ1) is 45.4. The lowest BCUT2D eigenvalue weighted by atomic mass is 9.70. The van der Waals surface area contributed by atoms with Crippen LogP contribution < -0.4 is 9.80 Å². The van der Waals surface area contributed by atoms with Gasteiger partial charge in [0, 0.05) is 40.9 Å². The fourth-order valence-corrected chi connectivity index (χ4v) is 8.99. The van der Waals surface area contributed by atoms with Gasteiger partial charge in [0.1, 0.15) is 0 Å². The van der Waals surface area contributed by atoms with Gasteiger partial charge in [0.05, 0.1) is 0 Å². The minimum atomic E-state index is 0. The molecule has 0 radical (unpaired) electrons. The van der Waals surface area contributed by atoms with Crippen LogP contribution in [-0.2, 0) is 18.3 Å². The molecule has 1 aliphatic carbocycles. The van der Waals surface area contributed by atoms with E-state index < -0.39 is 0 Å². The molecule has 0 amide bonds. The second-order valence-corrected chi connectivity index (χ2v) is 16.4. The van der Waals surface area contributed by atoms with Gasteiger partial charge < -0.3 is 9.80 Å². The molecular formula is C55H76N2. The highest BCUT2D eigenvalue weighted by Crippen LogP contribution is 2.56. The Hall–Kier alpha value is -4.30. The quantitative estimate of drug-likeness (QED) is 0.0687. The SMILES string of the molecule is C.C.CCCCCCC1(CCCCCC)c2cc(C)ccc2-c2ccc(N(c3ccc(CCCC)cc3)c3ccc(N(C)c4ccc(CCCC)cc4)cc3)cc21. The van der Waals surface area contributed by atoms with Gasteiger partial charge in [0.15, 0.2) is 0 Å². The fourth-order valence-electron chi connectivity index (χ4n) is 8.99. The molecule has 0 aliphatic heterocycles. The molecule has 0 atom stereocenters. The monoisotopic (exact) mass is 765 g/mol. The number of unbranched alkanes of at least 4 members (excludes halogenated alkanes) is 8. The molecule has 0 saturated carbocycles. The maximum atomic E-state index is 2.59. The molecule has 0 fully saturated rings. The zero-order valence-corrected chi connectivity index (χ0v) is 35.1. The molecule has 0 saturated heterocycles. The summed E-state index contributed by atoms with van der Waals surface area (Å²) in [5.41, 5.74) is 16.3. The van der Waals surface area contributed by atoms with Crippen LogP contribution in [0.3, 0.4) is 0 Å². The maximum absolute atomic E-state index is 2.59. The number of benzene rings is 5. The molecule has 2 heteroatoms. The molecule has 1 aliphatic rings. The number of anilines is 5. The molecule has 0 N–H and O–H groups in total. The minimum absolute atomic E-state index is 0. The molecule has 306 valence electrons. The summed E-state index contributed by atoms with van der Waals surface area (Å²) in [6.07, 6.45) is 20.0. The van der Waals surface area contributed by atoms with Crippen LogP contribution >= 0.6 is 0 Å². The van der Waals surface area contributed by atoms with E-state index in [0.29, 0.717) is 0 Å². The summed E-state index contributed by atoms with van der Waals surface area (Å²) in [5, 5.41) is 0. The summed E-state index contributed by atoms with van der Waals surface area (Å²) < 4.78 is 0. The highest BCUT2D eigenvalue weighted by molar-refractivity contribution is 5.86. The van der Waals surface area contributed by atoms with Crippen LogP contribution in [0.4, 0.5) is 28.4 Å². The molecule has 0 unspecified atom stereocenters. The van der Waals surface area contributed by atoms with E-state index in [-0.39, 0.29) is 20.3 Å². The van der Waals surface area contributed by atoms with E-state index >= 15 is 0 Å². The molecule has 5 aromatic carbocycles. The Kier molecular flexibility index (Phi) is 17.5. The van der Waals surface area contributed by atoms with Gasteiger partial charge in [-0.3, -0.25) is 0 Å². The first-order valence-electron chi connectivity index (χ1n) is 22.0. The van der Waals surface area contributed by atoms with Gasteiger partial charge in [-0.05, 0) is 139 Å². The van der Waals surface area contributed by atoms with Crippen LogP contribution in [0.15, 0.2) is 109 Å². The van der Waals surface area contributed by atoms with Crippen molar-refractivity contribution in [3.63, 3.8) is 0 Å². The number of hydrogen-bond donors (Lipinski definition) is 0. The standard InChI is InChI=1S/C53H68N2.2CH4/c1-7-11-15-17-37-53(38-18-16-12-8-2)51-39-41(5)21-35-49(51)50-36-34-48(40-52(50)53)55(46-28-24-43(25-29-46)20-14-10-4)47-32-30-45(31-33-47)54(6)44-26-22-42(23-27-44)19-13-9-3;;/h21-36,39-40H,7-20,37-38H2,1-6H3;2*1H4. The average Bonchev–Trinajstić information content (AvgIpc) is 3.48. The number of aryl methyl sites for hydroxylation is 3. The van der Waals surface area contributed by atoms with Gasteiger partial charge in [0.2, 0.25) is 0 Å². The van der Waals surface area contributed by atoms with Crippen LogP contribution in [0.5, 0.6) is 0 Å². The molecule has 0 heterocycles. The zero-order valence-electron chi connectivity index (χ0n) is 35.1. The highest BCUT2D eigenvalue weighted by Gasteiger charge is 2.42. The van der Waals surface area contributed by atoms with Crippen molar-refractivity contribution in [3.8, 4) is 11.1 Å². The summed E-state index contributed by atoms with van der Waals surface area (Å²) >= 11 is 0. The van der Waals surface area contributed by atoms with E-state index in [0.717, 1.165) is 12.8 Å². The van der Waals surface area contributed by atoms with Crippen molar-refractivity contribution in [2.75, 3.05) is 16.8 Å². The molecular weight excluding hydrogens is 689 g/mol. The normalized spacial score (nSPS) is 12.3. The molecule has 6 rings (SSSR count). The van der Waals surface area contributed by atoms with Gasteiger partial charge in [-0.1, -0.05) is 161 Å². The highest BCUT2D eigenvalue weighted by atomic mass is 15.1. The first-order valence-corrected chi connectivity index (χ1v) is 22.0. The Morgan fingerprint density at radius 1 is 0.421 bits per heavy atom. The fraction of sp³-hybridized carbons (Fsp3) is 0.455. The van der Waals surface area contributed by atoms with Gasteiger partial charge in [-0.2, -0.15) is 0 Å². The maximum Gasteiger partial charge on any atom is 0.0465 e. The molecule has 0 bridgehead atoms. The lowest BCUT2D eigenvalue weighted by Gasteiger charge is -2.34. The largest absolute Gasteiger partial charge is 0.345 e. The Bertz CT molecular complexity index is 1910. The third-order valence-corrected chi connectivity index (χ3v) is 12.3. The molecule has 0 aromatic heterocycles. The summed E-state index contributed by atoms with van der Waals surface area (Å²) in [6, 6.07) is 42.5. The topological polar surface area (TPSA) is 6.48 Å². The minimum Gasteiger partial charge on any atom is -0.345 e. The van der Waals surface area contributed by atoms with Gasteiger partial charge >= 0.3 is 0 Å². The van der Waals surface area contributed by atoms with Gasteiger partial charge in [-0.25, -0.2) is 0 Å². The van der Waals surface area contributed by atoms with Crippen molar-refractivity contribution >= 4 is 28.4 Å². The third kappa shape index (κ3) is 10.6. The Morgan fingerprint density at radius 3 is 1.32 bits per heavy atom. The Labute approximate surface area is 349 Å². The number of fused-ring (bicyclic) bond motifs is 3. The van der Waals surface area contributed by atoms with E-state index in [1.165, 1.54) is 146 Å². The van der Waals surface area contributed by atoms with Crippen LogP contribution in [0.1, 0.15) is 160 Å². The lowest BCUT2D eigenvalue weighted by molar-refractivity contribution is 0.401. The summed E-state index contributed by atoms with van der Waals surface area (Å²) in [6.45, 7) is 11.5. The van der Waals surface area contributed by atoms with Crippen molar-refractivity contribution in [3.05, 3.63) is 137 Å². The predicted molar refractivity (Wildman–Crippen MR) is 255 cm³/mol. The average molecular weight is 765 g/mol. The molecule has 2 nitrogen and oxygen atoms in total.